The Morgan fingerprint density at radius 2 is 2.08 bits per heavy atom. The predicted octanol–water partition coefficient (Wildman–Crippen LogP) is 1.82. The van der Waals surface area contributed by atoms with Gasteiger partial charge in [0, 0.05) is 12.5 Å². The molecule has 0 aromatic carbocycles. The molecule has 1 fully saturated rings. The highest BCUT2D eigenvalue weighted by Gasteiger charge is 2.28. The van der Waals surface area contributed by atoms with Crippen molar-refractivity contribution >= 4 is 0 Å². The van der Waals surface area contributed by atoms with Crippen molar-refractivity contribution in [3.63, 3.8) is 0 Å². The molecule has 0 aromatic rings. The van der Waals surface area contributed by atoms with E-state index in [9.17, 15) is 5.11 Å². The van der Waals surface area contributed by atoms with Crippen LogP contribution in [0, 0.1) is 11.8 Å². The molecule has 1 aliphatic heterocycles. The standard InChI is InChI=1S/C10H20O2/c1-3-8(4-2)9-7-12-6-5-10(9)11/h8-11H,3-7H2,1-2H3. The first-order valence-corrected chi connectivity index (χ1v) is 5.05. The minimum Gasteiger partial charge on any atom is -0.393 e. The smallest absolute Gasteiger partial charge is 0.0615 e. The van der Waals surface area contributed by atoms with E-state index in [1.165, 1.54) is 0 Å². The lowest BCUT2D eigenvalue weighted by Crippen LogP contribution is -2.36. The zero-order chi connectivity index (χ0) is 8.97. The summed E-state index contributed by atoms with van der Waals surface area (Å²) < 4.78 is 5.38. The van der Waals surface area contributed by atoms with Gasteiger partial charge in [-0.25, -0.2) is 0 Å². The number of ether oxygens (including phenoxy) is 1. The summed E-state index contributed by atoms with van der Waals surface area (Å²) >= 11 is 0. The molecule has 2 heteroatoms. The summed E-state index contributed by atoms with van der Waals surface area (Å²) in [5, 5.41) is 9.72. The van der Waals surface area contributed by atoms with Crippen molar-refractivity contribution in [1.29, 1.82) is 0 Å². The largest absolute Gasteiger partial charge is 0.393 e. The highest BCUT2D eigenvalue weighted by atomic mass is 16.5. The maximum atomic E-state index is 9.72. The summed E-state index contributed by atoms with van der Waals surface area (Å²) in [6, 6.07) is 0. The van der Waals surface area contributed by atoms with Crippen LogP contribution in [0.1, 0.15) is 33.1 Å². The molecule has 1 saturated heterocycles. The first kappa shape index (κ1) is 10.0. The molecule has 0 spiro atoms. The van der Waals surface area contributed by atoms with Crippen LogP contribution in [0.4, 0.5) is 0 Å². The molecule has 1 aliphatic rings. The maximum absolute atomic E-state index is 9.72. The van der Waals surface area contributed by atoms with Crippen LogP contribution >= 0.6 is 0 Å². The maximum Gasteiger partial charge on any atom is 0.0615 e. The molecular weight excluding hydrogens is 152 g/mol. The lowest BCUT2D eigenvalue weighted by molar-refractivity contribution is -0.0588. The Kier molecular flexibility index (Phi) is 4.02. The topological polar surface area (TPSA) is 29.5 Å². The molecule has 1 heterocycles. The van der Waals surface area contributed by atoms with Crippen molar-refractivity contribution in [3.8, 4) is 0 Å². The molecule has 2 nitrogen and oxygen atoms in total. The Labute approximate surface area is 74.9 Å². The second-order valence-electron chi connectivity index (χ2n) is 3.67. The Morgan fingerprint density at radius 1 is 1.42 bits per heavy atom. The minimum absolute atomic E-state index is 0.122. The van der Waals surface area contributed by atoms with Crippen molar-refractivity contribution < 1.29 is 9.84 Å². The summed E-state index contributed by atoms with van der Waals surface area (Å²) in [5.74, 6) is 1.02. The molecule has 72 valence electrons. The number of hydrogen-bond acceptors (Lipinski definition) is 2. The van der Waals surface area contributed by atoms with E-state index in [-0.39, 0.29) is 6.10 Å². The molecule has 0 amide bonds. The van der Waals surface area contributed by atoms with E-state index < -0.39 is 0 Å². The summed E-state index contributed by atoms with van der Waals surface area (Å²) in [7, 11) is 0. The van der Waals surface area contributed by atoms with Gasteiger partial charge in [0.1, 0.15) is 0 Å². The van der Waals surface area contributed by atoms with Crippen LogP contribution in [-0.2, 0) is 4.74 Å². The van der Waals surface area contributed by atoms with Gasteiger partial charge in [-0.1, -0.05) is 26.7 Å². The van der Waals surface area contributed by atoms with Crippen LogP contribution in [0.3, 0.4) is 0 Å². The van der Waals surface area contributed by atoms with Gasteiger partial charge >= 0.3 is 0 Å². The molecule has 0 saturated carbocycles. The molecular formula is C10H20O2. The van der Waals surface area contributed by atoms with Crippen LogP contribution < -0.4 is 0 Å². The van der Waals surface area contributed by atoms with Gasteiger partial charge in [0.15, 0.2) is 0 Å². The van der Waals surface area contributed by atoms with Gasteiger partial charge < -0.3 is 9.84 Å². The fourth-order valence-corrected chi connectivity index (χ4v) is 2.09. The van der Waals surface area contributed by atoms with Crippen molar-refractivity contribution in [2.75, 3.05) is 13.2 Å². The lowest BCUT2D eigenvalue weighted by atomic mass is 9.82. The Balaban J connectivity index is 2.45. The van der Waals surface area contributed by atoms with Crippen LogP contribution in [0.15, 0.2) is 0 Å². The van der Waals surface area contributed by atoms with Gasteiger partial charge in [-0.05, 0) is 12.3 Å². The highest BCUT2D eigenvalue weighted by Crippen LogP contribution is 2.27. The van der Waals surface area contributed by atoms with Crippen LogP contribution in [-0.4, -0.2) is 24.4 Å². The molecule has 0 aromatic heterocycles. The quantitative estimate of drug-likeness (QED) is 0.703. The monoisotopic (exact) mass is 172 g/mol. The van der Waals surface area contributed by atoms with Gasteiger partial charge in [-0.15, -0.1) is 0 Å². The van der Waals surface area contributed by atoms with E-state index in [2.05, 4.69) is 13.8 Å². The van der Waals surface area contributed by atoms with Gasteiger partial charge in [0.05, 0.1) is 12.7 Å². The SMILES string of the molecule is CCC(CC)C1COCCC1O. The second-order valence-corrected chi connectivity index (χ2v) is 3.67. The molecule has 0 bridgehead atoms. The molecule has 0 radical (unpaired) electrons. The minimum atomic E-state index is -0.122. The molecule has 2 atom stereocenters. The van der Waals surface area contributed by atoms with Gasteiger partial charge in [-0.3, -0.25) is 0 Å². The molecule has 12 heavy (non-hydrogen) atoms. The van der Waals surface area contributed by atoms with Crippen molar-refractivity contribution in [1.82, 2.24) is 0 Å². The Hall–Kier alpha value is -0.0800. The average molecular weight is 172 g/mol. The van der Waals surface area contributed by atoms with E-state index >= 15 is 0 Å². The molecule has 1 N–H and O–H groups in total. The number of rotatable bonds is 3. The van der Waals surface area contributed by atoms with Crippen molar-refractivity contribution in [3.05, 3.63) is 0 Å². The Morgan fingerprint density at radius 3 is 2.58 bits per heavy atom. The zero-order valence-electron chi connectivity index (χ0n) is 8.12. The van der Waals surface area contributed by atoms with E-state index in [0.29, 0.717) is 11.8 Å². The third-order valence-electron chi connectivity index (χ3n) is 3.02. The first-order valence-electron chi connectivity index (χ1n) is 5.05. The number of hydrogen-bond donors (Lipinski definition) is 1. The van der Waals surface area contributed by atoms with E-state index in [1.54, 1.807) is 0 Å². The summed E-state index contributed by atoms with van der Waals surface area (Å²) in [6.07, 6.45) is 3.01. The van der Waals surface area contributed by atoms with Crippen molar-refractivity contribution in [2.45, 2.75) is 39.2 Å². The number of aliphatic hydroxyl groups excluding tert-OH is 1. The van der Waals surface area contributed by atoms with E-state index in [0.717, 1.165) is 32.5 Å². The van der Waals surface area contributed by atoms with Crippen molar-refractivity contribution in [2.24, 2.45) is 11.8 Å². The van der Waals surface area contributed by atoms with Crippen LogP contribution in [0.25, 0.3) is 0 Å². The third kappa shape index (κ3) is 2.20. The Bertz CT molecular complexity index is 121. The summed E-state index contributed by atoms with van der Waals surface area (Å²) in [5.41, 5.74) is 0. The van der Waals surface area contributed by atoms with Gasteiger partial charge in [0.25, 0.3) is 0 Å². The molecule has 0 aliphatic carbocycles. The normalized spacial score (nSPS) is 31.0. The highest BCUT2D eigenvalue weighted by molar-refractivity contribution is 4.77. The first-order chi connectivity index (χ1) is 5.79. The van der Waals surface area contributed by atoms with E-state index in [1.807, 2.05) is 0 Å². The summed E-state index contributed by atoms with van der Waals surface area (Å²) in [4.78, 5) is 0. The second kappa shape index (κ2) is 4.83. The third-order valence-corrected chi connectivity index (χ3v) is 3.02. The summed E-state index contributed by atoms with van der Waals surface area (Å²) in [6.45, 7) is 5.87. The zero-order valence-corrected chi connectivity index (χ0v) is 8.12. The molecule has 2 unspecified atom stereocenters. The molecule has 1 rings (SSSR count). The fraction of sp³-hybridized carbons (Fsp3) is 1.00. The fourth-order valence-electron chi connectivity index (χ4n) is 2.09. The number of aliphatic hydroxyl groups is 1. The van der Waals surface area contributed by atoms with Crippen LogP contribution in [0.5, 0.6) is 0 Å². The average Bonchev–Trinajstić information content (AvgIpc) is 2.10. The van der Waals surface area contributed by atoms with E-state index in [4.69, 9.17) is 4.74 Å². The predicted molar refractivity (Wildman–Crippen MR) is 49.0 cm³/mol. The lowest BCUT2D eigenvalue weighted by Gasteiger charge is -2.33. The van der Waals surface area contributed by atoms with Gasteiger partial charge in [-0.2, -0.15) is 0 Å². The van der Waals surface area contributed by atoms with Gasteiger partial charge in [0.2, 0.25) is 0 Å². The van der Waals surface area contributed by atoms with Crippen LogP contribution in [0.2, 0.25) is 0 Å².